The first-order valence-electron chi connectivity index (χ1n) is 10.6. The molecule has 0 saturated heterocycles. The highest BCUT2D eigenvalue weighted by atomic mass is 32.2. The molecule has 6 unspecified atom stereocenters. The Kier molecular flexibility index (Phi) is 4.88. The number of amides is 1. The number of Topliss-reactive ketones (excluding diaryl/α,β-unsaturated/α-hetero) is 2. The Morgan fingerprint density at radius 1 is 1.17 bits per heavy atom. The second-order valence-electron chi connectivity index (χ2n) is 9.87. The van der Waals surface area contributed by atoms with E-state index in [9.17, 15) is 29.4 Å². The first kappa shape index (κ1) is 21.7. The molecule has 4 aliphatic carbocycles. The standard InChI is InChI=1S/C22H29NO6S/c1-19-7-5-13(25)9-12(19)3-4-15-14-6-8-21(29,17(27)11-24)20(14,2)10-16(26)22(15,19)30-18(23)28/h9,14-15,24,29H,3-8,10-11H2,1-2H3,(H2,23,28). The zero-order valence-corrected chi connectivity index (χ0v) is 18.2. The number of thioether (sulfide) groups is 1. The summed E-state index contributed by atoms with van der Waals surface area (Å²) < 4.78 is -1.11. The molecule has 0 aromatic rings. The van der Waals surface area contributed by atoms with Gasteiger partial charge >= 0.3 is 0 Å². The van der Waals surface area contributed by atoms with Crippen LogP contribution in [0.3, 0.4) is 0 Å². The van der Waals surface area contributed by atoms with Crippen molar-refractivity contribution in [1.82, 2.24) is 0 Å². The Bertz CT molecular complexity index is 885. The summed E-state index contributed by atoms with van der Waals surface area (Å²) in [5, 5.41) is 20.1. The van der Waals surface area contributed by atoms with Crippen LogP contribution in [0.25, 0.3) is 0 Å². The highest BCUT2D eigenvalue weighted by molar-refractivity contribution is 8.15. The molecular weight excluding hydrogens is 406 g/mol. The zero-order chi connectivity index (χ0) is 22.1. The van der Waals surface area contributed by atoms with Gasteiger partial charge in [-0.05, 0) is 61.8 Å². The third-order valence-corrected chi connectivity index (χ3v) is 10.4. The molecule has 4 rings (SSSR count). The molecule has 0 aromatic carbocycles. The van der Waals surface area contributed by atoms with Crippen molar-refractivity contribution < 1.29 is 29.4 Å². The highest BCUT2D eigenvalue weighted by Crippen LogP contribution is 2.71. The van der Waals surface area contributed by atoms with Crippen LogP contribution >= 0.6 is 11.8 Å². The van der Waals surface area contributed by atoms with E-state index < -0.39 is 38.8 Å². The molecule has 30 heavy (non-hydrogen) atoms. The molecule has 0 spiro atoms. The van der Waals surface area contributed by atoms with Gasteiger partial charge in [0.05, 0.1) is 4.75 Å². The van der Waals surface area contributed by atoms with Gasteiger partial charge < -0.3 is 15.9 Å². The van der Waals surface area contributed by atoms with Gasteiger partial charge in [-0.25, -0.2) is 0 Å². The van der Waals surface area contributed by atoms with E-state index in [1.807, 2.05) is 6.92 Å². The molecule has 0 aromatic heterocycles. The van der Waals surface area contributed by atoms with E-state index in [4.69, 9.17) is 5.73 Å². The third-order valence-electron chi connectivity index (χ3n) is 8.86. The topological polar surface area (TPSA) is 135 Å². The van der Waals surface area contributed by atoms with Crippen molar-refractivity contribution in [3.05, 3.63) is 11.6 Å². The monoisotopic (exact) mass is 435 g/mol. The number of ketones is 3. The number of aliphatic hydroxyl groups is 2. The van der Waals surface area contributed by atoms with Crippen LogP contribution in [0.1, 0.15) is 58.8 Å². The van der Waals surface area contributed by atoms with Gasteiger partial charge in [0.1, 0.15) is 12.2 Å². The normalized spacial score (nSPS) is 45.3. The fraction of sp³-hybridized carbons (Fsp3) is 0.727. The van der Waals surface area contributed by atoms with Crippen LogP contribution < -0.4 is 5.73 Å². The fourth-order valence-electron chi connectivity index (χ4n) is 7.31. The maximum absolute atomic E-state index is 13.9. The molecule has 4 aliphatic rings. The first-order chi connectivity index (χ1) is 14.0. The van der Waals surface area contributed by atoms with Gasteiger partial charge in [0, 0.05) is 23.7 Å². The number of allylic oxidation sites excluding steroid dienone is 1. The Hall–Kier alpha value is -1.51. The molecular formula is C22H29NO6S. The second kappa shape index (κ2) is 6.74. The Morgan fingerprint density at radius 3 is 2.50 bits per heavy atom. The summed E-state index contributed by atoms with van der Waals surface area (Å²) in [6.45, 7) is 2.96. The van der Waals surface area contributed by atoms with Gasteiger partial charge in [-0.15, -0.1) is 0 Å². The lowest BCUT2D eigenvalue weighted by Crippen LogP contribution is -2.69. The number of rotatable bonds is 3. The molecule has 1 amide bonds. The van der Waals surface area contributed by atoms with E-state index >= 15 is 0 Å². The van der Waals surface area contributed by atoms with E-state index in [0.717, 1.165) is 17.3 Å². The van der Waals surface area contributed by atoms with Gasteiger partial charge in [0.25, 0.3) is 5.24 Å². The van der Waals surface area contributed by atoms with Crippen molar-refractivity contribution in [1.29, 1.82) is 0 Å². The van der Waals surface area contributed by atoms with Crippen molar-refractivity contribution in [3.8, 4) is 0 Å². The van der Waals surface area contributed by atoms with E-state index in [0.29, 0.717) is 32.1 Å². The number of hydrogen-bond donors (Lipinski definition) is 3. The second-order valence-corrected chi connectivity index (χ2v) is 11.1. The van der Waals surface area contributed by atoms with E-state index in [-0.39, 0.29) is 36.2 Å². The summed E-state index contributed by atoms with van der Waals surface area (Å²) in [5.74, 6) is -1.22. The number of fused-ring (bicyclic) bond motifs is 5. The Balaban J connectivity index is 1.88. The number of hydrogen-bond acceptors (Lipinski definition) is 7. The third kappa shape index (κ3) is 2.47. The number of carbonyl (C=O) groups excluding carboxylic acids is 4. The minimum atomic E-state index is -1.76. The van der Waals surface area contributed by atoms with Gasteiger partial charge in [-0.2, -0.15) is 0 Å². The Morgan fingerprint density at radius 2 is 1.87 bits per heavy atom. The lowest BCUT2D eigenvalue weighted by atomic mass is 9.45. The average molecular weight is 436 g/mol. The highest BCUT2D eigenvalue weighted by Gasteiger charge is 2.74. The Labute approximate surface area is 179 Å². The molecule has 0 aliphatic heterocycles. The summed E-state index contributed by atoms with van der Waals surface area (Å²) in [6.07, 6.45) is 4.32. The molecule has 0 heterocycles. The minimum Gasteiger partial charge on any atom is -0.388 e. The number of primary amides is 1. The van der Waals surface area contributed by atoms with Crippen LogP contribution in [-0.4, -0.2) is 49.8 Å². The summed E-state index contributed by atoms with van der Waals surface area (Å²) in [6, 6.07) is 0. The fourth-order valence-corrected chi connectivity index (χ4v) is 8.70. The van der Waals surface area contributed by atoms with Crippen LogP contribution in [0.15, 0.2) is 11.6 Å². The average Bonchev–Trinajstić information content (AvgIpc) is 2.94. The minimum absolute atomic E-state index is 0.0389. The predicted molar refractivity (Wildman–Crippen MR) is 111 cm³/mol. The summed E-state index contributed by atoms with van der Waals surface area (Å²) in [4.78, 5) is 50.8. The number of carbonyl (C=O) groups is 4. The van der Waals surface area contributed by atoms with Crippen LogP contribution in [-0.2, 0) is 14.4 Å². The summed E-state index contributed by atoms with van der Waals surface area (Å²) >= 11 is 0.884. The summed E-state index contributed by atoms with van der Waals surface area (Å²) in [7, 11) is 0. The van der Waals surface area contributed by atoms with Crippen LogP contribution in [0.4, 0.5) is 4.79 Å². The van der Waals surface area contributed by atoms with E-state index in [1.165, 1.54) is 0 Å². The van der Waals surface area contributed by atoms with Gasteiger partial charge in [0.15, 0.2) is 17.3 Å². The van der Waals surface area contributed by atoms with Crippen molar-refractivity contribution in [2.75, 3.05) is 6.61 Å². The van der Waals surface area contributed by atoms with Crippen molar-refractivity contribution in [3.63, 3.8) is 0 Å². The number of nitrogens with two attached hydrogens (primary N) is 1. The smallest absolute Gasteiger partial charge is 0.277 e. The van der Waals surface area contributed by atoms with E-state index in [1.54, 1.807) is 13.0 Å². The van der Waals surface area contributed by atoms with E-state index in [2.05, 4.69) is 0 Å². The molecule has 3 saturated carbocycles. The largest absolute Gasteiger partial charge is 0.388 e. The molecule has 6 atom stereocenters. The molecule has 4 N–H and O–H groups in total. The maximum Gasteiger partial charge on any atom is 0.277 e. The molecule has 8 heteroatoms. The maximum atomic E-state index is 13.9. The molecule has 164 valence electrons. The zero-order valence-electron chi connectivity index (χ0n) is 17.4. The van der Waals surface area contributed by atoms with Crippen LogP contribution in [0.2, 0.25) is 0 Å². The summed E-state index contributed by atoms with van der Waals surface area (Å²) in [5.41, 5.74) is 3.10. The van der Waals surface area contributed by atoms with Crippen LogP contribution in [0.5, 0.6) is 0 Å². The predicted octanol–water partition coefficient (Wildman–Crippen LogP) is 1.92. The van der Waals surface area contributed by atoms with Crippen molar-refractivity contribution >= 4 is 34.4 Å². The van der Waals surface area contributed by atoms with Gasteiger partial charge in [-0.1, -0.05) is 19.4 Å². The van der Waals surface area contributed by atoms with Crippen molar-refractivity contribution in [2.24, 2.45) is 28.4 Å². The SMILES string of the molecule is CC12CCC(=O)C=C1CCC1C3CCC(O)(C(=O)CO)C3(C)CC(=O)C12SC(N)=O. The lowest BCUT2D eigenvalue weighted by molar-refractivity contribution is -0.167. The molecule has 3 fully saturated rings. The van der Waals surface area contributed by atoms with Gasteiger partial charge in [0.2, 0.25) is 0 Å². The number of aliphatic hydroxyl groups excluding tert-OH is 1. The molecule has 7 nitrogen and oxygen atoms in total. The first-order valence-corrected chi connectivity index (χ1v) is 11.4. The van der Waals surface area contributed by atoms with Crippen molar-refractivity contribution in [2.45, 2.75) is 69.1 Å². The molecule has 0 radical (unpaired) electrons. The van der Waals surface area contributed by atoms with Crippen LogP contribution in [0, 0.1) is 22.7 Å². The quantitative estimate of drug-likeness (QED) is 0.616. The van der Waals surface area contributed by atoms with Gasteiger partial charge in [-0.3, -0.25) is 19.2 Å². The molecule has 0 bridgehead atoms. The lowest BCUT2D eigenvalue weighted by Gasteiger charge is -2.63.